The molecule has 0 aliphatic carbocycles. The lowest BCUT2D eigenvalue weighted by Gasteiger charge is -2.02. The largest absolute Gasteiger partial charge is 0.367 e. The molecule has 64 valence electrons. The zero-order valence-corrected chi connectivity index (χ0v) is 6.71. The van der Waals surface area contributed by atoms with Crippen molar-refractivity contribution in [3.8, 4) is 0 Å². The van der Waals surface area contributed by atoms with Gasteiger partial charge in [0.2, 0.25) is 5.96 Å². The van der Waals surface area contributed by atoms with Crippen molar-refractivity contribution in [2.45, 2.75) is 6.92 Å². The maximum Gasteiger partial charge on any atom is 0.228 e. The third-order valence-electron chi connectivity index (χ3n) is 1.42. The van der Waals surface area contributed by atoms with Crippen LogP contribution in [0.2, 0.25) is 0 Å². The second-order valence-corrected chi connectivity index (χ2v) is 2.46. The highest BCUT2D eigenvalue weighted by Gasteiger charge is 1.93. The van der Waals surface area contributed by atoms with E-state index < -0.39 is 0 Å². The number of hydrogen-bond acceptors (Lipinski definition) is 1. The van der Waals surface area contributed by atoms with Crippen LogP contribution in [0.4, 0.5) is 10.2 Å². The lowest BCUT2D eigenvalue weighted by molar-refractivity contribution is 0.536. The second-order valence-electron chi connectivity index (χ2n) is 2.46. The molecule has 0 heterocycles. The van der Waals surface area contributed by atoms with E-state index in [0.29, 0.717) is 0 Å². The molecule has 0 aliphatic rings. The van der Waals surface area contributed by atoms with Crippen LogP contribution in [0.15, 0.2) is 29.5 Å². The summed E-state index contributed by atoms with van der Waals surface area (Å²) in [6.45, 7) is 1.97. The SMILES string of the molecule is Cc1ccc(NC(N)=NF)cc1. The lowest BCUT2D eigenvalue weighted by atomic mass is 10.2. The fraction of sp³-hybridized carbons (Fsp3) is 0.125. The van der Waals surface area contributed by atoms with Crippen LogP contribution in [0.3, 0.4) is 0 Å². The molecule has 0 saturated carbocycles. The van der Waals surface area contributed by atoms with E-state index in [1.54, 1.807) is 12.1 Å². The van der Waals surface area contributed by atoms with Crippen LogP contribution in [0, 0.1) is 6.92 Å². The minimum absolute atomic E-state index is 0.237. The van der Waals surface area contributed by atoms with Crippen LogP contribution in [0.5, 0.6) is 0 Å². The maximum absolute atomic E-state index is 11.6. The first kappa shape index (κ1) is 8.52. The normalized spacial score (nSPS) is 11.3. The van der Waals surface area contributed by atoms with Gasteiger partial charge in [-0.1, -0.05) is 27.4 Å². The minimum Gasteiger partial charge on any atom is -0.367 e. The zero-order chi connectivity index (χ0) is 8.97. The summed E-state index contributed by atoms with van der Waals surface area (Å²) in [5, 5.41) is 4.86. The first-order chi connectivity index (χ1) is 5.72. The van der Waals surface area contributed by atoms with Crippen LogP contribution < -0.4 is 11.1 Å². The van der Waals surface area contributed by atoms with Crippen LogP contribution in [0.1, 0.15) is 5.56 Å². The van der Waals surface area contributed by atoms with Crippen LogP contribution in [-0.2, 0) is 0 Å². The molecule has 0 bridgehead atoms. The van der Waals surface area contributed by atoms with Gasteiger partial charge in [0.1, 0.15) is 0 Å². The van der Waals surface area contributed by atoms with Gasteiger partial charge in [-0.25, -0.2) is 0 Å². The quantitative estimate of drug-likeness (QED) is 0.493. The van der Waals surface area contributed by atoms with Gasteiger partial charge in [0.05, 0.1) is 0 Å². The molecule has 0 radical (unpaired) electrons. The number of nitrogens with two attached hydrogens (primary N) is 1. The molecule has 1 aromatic rings. The molecule has 1 aromatic carbocycles. The molecule has 3 N–H and O–H groups in total. The van der Waals surface area contributed by atoms with Crippen molar-refractivity contribution in [3.05, 3.63) is 29.8 Å². The number of aryl methyl sites for hydroxylation is 1. The van der Waals surface area contributed by atoms with E-state index in [2.05, 4.69) is 10.5 Å². The Hall–Kier alpha value is -1.58. The zero-order valence-electron chi connectivity index (χ0n) is 6.71. The Labute approximate surface area is 70.0 Å². The third-order valence-corrected chi connectivity index (χ3v) is 1.42. The number of nitrogens with zero attached hydrogens (tertiary/aromatic N) is 1. The average molecular weight is 167 g/mol. The summed E-state index contributed by atoms with van der Waals surface area (Å²) in [7, 11) is 0. The monoisotopic (exact) mass is 167 g/mol. The number of nitrogens with one attached hydrogen (secondary N) is 1. The standard InChI is InChI=1S/C8H10FN3/c1-6-2-4-7(5-3-6)11-8(10)12-9/h2-5H,1H3,(H3,10,11,12). The van der Waals surface area contributed by atoms with Crippen LogP contribution in [0.25, 0.3) is 0 Å². The highest BCUT2D eigenvalue weighted by Crippen LogP contribution is 2.07. The molecule has 0 atom stereocenters. The van der Waals surface area contributed by atoms with Gasteiger partial charge in [-0.15, -0.1) is 0 Å². The van der Waals surface area contributed by atoms with Crippen molar-refractivity contribution in [2.24, 2.45) is 10.9 Å². The summed E-state index contributed by atoms with van der Waals surface area (Å²) in [6.07, 6.45) is 0. The van der Waals surface area contributed by atoms with E-state index in [1.165, 1.54) is 0 Å². The smallest absolute Gasteiger partial charge is 0.228 e. The fourth-order valence-corrected chi connectivity index (χ4v) is 0.806. The molecule has 1 rings (SSSR count). The summed E-state index contributed by atoms with van der Waals surface area (Å²) in [4.78, 5) is 0. The highest BCUT2D eigenvalue weighted by molar-refractivity contribution is 5.91. The Morgan fingerprint density at radius 3 is 2.50 bits per heavy atom. The predicted octanol–water partition coefficient (Wildman–Crippen LogP) is 1.61. The van der Waals surface area contributed by atoms with Gasteiger partial charge in [-0.3, -0.25) is 0 Å². The van der Waals surface area contributed by atoms with E-state index in [0.717, 1.165) is 11.3 Å². The summed E-state index contributed by atoms with van der Waals surface area (Å²) < 4.78 is 11.6. The topological polar surface area (TPSA) is 50.4 Å². The van der Waals surface area contributed by atoms with Gasteiger partial charge in [-0.2, -0.15) is 0 Å². The molecule has 0 unspecified atom stereocenters. The van der Waals surface area contributed by atoms with E-state index in [4.69, 9.17) is 5.73 Å². The lowest BCUT2D eigenvalue weighted by Crippen LogP contribution is -2.21. The van der Waals surface area contributed by atoms with Gasteiger partial charge in [0.15, 0.2) is 0 Å². The molecule has 4 heteroatoms. The average Bonchev–Trinajstić information content (AvgIpc) is 2.09. The van der Waals surface area contributed by atoms with E-state index >= 15 is 0 Å². The van der Waals surface area contributed by atoms with Crippen molar-refractivity contribution in [3.63, 3.8) is 0 Å². The Kier molecular flexibility index (Phi) is 2.63. The van der Waals surface area contributed by atoms with E-state index in [-0.39, 0.29) is 5.96 Å². The van der Waals surface area contributed by atoms with Crippen molar-refractivity contribution >= 4 is 11.6 Å². The summed E-state index contributed by atoms with van der Waals surface area (Å²) in [5.41, 5.74) is 6.96. The molecular weight excluding hydrogens is 157 g/mol. The number of hydrogen-bond donors (Lipinski definition) is 2. The molecule has 0 saturated heterocycles. The Morgan fingerprint density at radius 1 is 1.42 bits per heavy atom. The molecule has 0 aliphatic heterocycles. The van der Waals surface area contributed by atoms with E-state index in [1.807, 2.05) is 19.1 Å². The van der Waals surface area contributed by atoms with Crippen molar-refractivity contribution in [1.29, 1.82) is 0 Å². The van der Waals surface area contributed by atoms with Crippen molar-refractivity contribution in [1.82, 2.24) is 0 Å². The summed E-state index contributed by atoms with van der Waals surface area (Å²) in [5.74, 6) is -0.237. The van der Waals surface area contributed by atoms with Crippen molar-refractivity contribution in [2.75, 3.05) is 5.32 Å². The van der Waals surface area contributed by atoms with Gasteiger partial charge in [-0.05, 0) is 19.1 Å². The van der Waals surface area contributed by atoms with E-state index in [9.17, 15) is 4.48 Å². The summed E-state index contributed by atoms with van der Waals surface area (Å²) in [6, 6.07) is 7.39. The van der Waals surface area contributed by atoms with Crippen LogP contribution >= 0.6 is 0 Å². The molecule has 3 nitrogen and oxygen atoms in total. The molecule has 12 heavy (non-hydrogen) atoms. The number of guanidine groups is 1. The van der Waals surface area contributed by atoms with Gasteiger partial charge < -0.3 is 11.1 Å². The van der Waals surface area contributed by atoms with Crippen LogP contribution in [-0.4, -0.2) is 5.96 Å². The minimum atomic E-state index is -0.237. The number of halogens is 1. The number of anilines is 1. The predicted molar refractivity (Wildman–Crippen MR) is 47.5 cm³/mol. The van der Waals surface area contributed by atoms with Gasteiger partial charge in [0.25, 0.3) is 0 Å². The first-order valence-corrected chi connectivity index (χ1v) is 3.50. The summed E-state index contributed by atoms with van der Waals surface area (Å²) >= 11 is 0. The highest BCUT2D eigenvalue weighted by atomic mass is 19.2. The first-order valence-electron chi connectivity index (χ1n) is 3.50. The molecule has 0 amide bonds. The third kappa shape index (κ3) is 2.23. The fourth-order valence-electron chi connectivity index (χ4n) is 0.806. The molecule has 0 spiro atoms. The maximum atomic E-state index is 11.6. The molecule has 0 aromatic heterocycles. The number of rotatable bonds is 1. The molecule has 0 fully saturated rings. The Morgan fingerprint density at radius 2 is 2.00 bits per heavy atom. The number of benzene rings is 1. The van der Waals surface area contributed by atoms with Gasteiger partial charge >= 0.3 is 0 Å². The Bertz CT molecular complexity index is 279. The van der Waals surface area contributed by atoms with Gasteiger partial charge in [0, 0.05) is 5.69 Å². The van der Waals surface area contributed by atoms with Crippen molar-refractivity contribution < 1.29 is 4.48 Å². The second kappa shape index (κ2) is 3.71. The Balaban J connectivity index is 2.71. The molecular formula is C8H10FN3.